The second kappa shape index (κ2) is 6.84. The van der Waals surface area contributed by atoms with E-state index in [-0.39, 0.29) is 12.4 Å². The van der Waals surface area contributed by atoms with Crippen molar-refractivity contribution in [2.45, 2.75) is 0 Å². The molecule has 0 aliphatic carbocycles. The first-order valence-electron chi connectivity index (χ1n) is 4.22. The summed E-state index contributed by atoms with van der Waals surface area (Å²) in [6.45, 7) is 0. The molecule has 1 aromatic rings. The highest BCUT2D eigenvalue weighted by molar-refractivity contribution is 6.29. The molecule has 0 bridgehead atoms. The van der Waals surface area contributed by atoms with Crippen molar-refractivity contribution in [1.82, 2.24) is 4.90 Å². The number of hydrogen-bond acceptors (Lipinski definition) is 3. The van der Waals surface area contributed by atoms with Crippen LogP contribution in [0.25, 0.3) is 0 Å². The number of rotatable bonds is 2. The molecule has 82 valence electrons. The van der Waals surface area contributed by atoms with Gasteiger partial charge >= 0.3 is 0 Å². The Balaban J connectivity index is 0.00000196. The lowest BCUT2D eigenvalue weighted by Gasteiger charge is -2.10. The summed E-state index contributed by atoms with van der Waals surface area (Å²) in [5, 5.41) is 11.4. The van der Waals surface area contributed by atoms with Gasteiger partial charge in [-0.1, -0.05) is 23.4 Å². The number of halogens is 1. The molecular weight excluding hydrogens is 214 g/mol. The van der Waals surface area contributed by atoms with Gasteiger partial charge in [-0.05, 0) is 12.1 Å². The van der Waals surface area contributed by atoms with Crippen molar-refractivity contribution in [2.24, 2.45) is 10.1 Å². The van der Waals surface area contributed by atoms with Crippen LogP contribution in [0.1, 0.15) is 0 Å². The first kappa shape index (κ1) is 13.5. The van der Waals surface area contributed by atoms with Crippen LogP contribution in [0.5, 0.6) is 0 Å². The molecule has 4 nitrogen and oxygen atoms in total. The summed E-state index contributed by atoms with van der Waals surface area (Å²) in [7, 11) is 3.67. The fourth-order valence-electron chi connectivity index (χ4n) is 0.931. The van der Waals surface area contributed by atoms with Crippen molar-refractivity contribution < 1.29 is 5.21 Å². The highest BCUT2D eigenvalue weighted by atomic mass is 35.5. The minimum Gasteiger partial charge on any atom is -0.411 e. The number of nitrogens with zero attached hydrogens (tertiary/aromatic N) is 3. The number of amidine groups is 1. The lowest BCUT2D eigenvalue weighted by molar-refractivity contribution is 0.322. The van der Waals surface area contributed by atoms with Crippen LogP contribution in [0.15, 0.2) is 40.5 Å². The molecule has 0 aliphatic rings. The van der Waals surface area contributed by atoms with Gasteiger partial charge in [0.15, 0.2) is 5.84 Å². The van der Waals surface area contributed by atoms with E-state index < -0.39 is 0 Å². The molecule has 0 unspecified atom stereocenters. The number of oxime groups is 1. The normalized spacial score (nSPS) is 11.2. The van der Waals surface area contributed by atoms with Gasteiger partial charge in [0.25, 0.3) is 0 Å². The Labute approximate surface area is 95.3 Å². The van der Waals surface area contributed by atoms with Gasteiger partial charge in [0.05, 0.1) is 5.69 Å². The maximum atomic E-state index is 8.43. The lowest BCUT2D eigenvalue weighted by atomic mass is 10.3. The Kier molecular flexibility index (Phi) is 6.13. The molecule has 0 atom stereocenters. The van der Waals surface area contributed by atoms with Gasteiger partial charge in [-0.2, -0.15) is 0 Å². The quantitative estimate of drug-likeness (QED) is 0.364. The molecule has 5 heteroatoms. The molecular formula is C10H14ClN3O. The van der Waals surface area contributed by atoms with Crippen LogP contribution in [0.2, 0.25) is 0 Å². The van der Waals surface area contributed by atoms with Crippen LogP contribution in [0.3, 0.4) is 0 Å². The fourth-order valence-corrected chi connectivity index (χ4v) is 0.931. The summed E-state index contributed by atoms with van der Waals surface area (Å²) in [6.07, 6.45) is 1.30. The van der Waals surface area contributed by atoms with Crippen LogP contribution >= 0.6 is 12.4 Å². The van der Waals surface area contributed by atoms with Crippen molar-refractivity contribution >= 4 is 30.1 Å². The molecule has 0 heterocycles. The number of hydrogen-bond donors (Lipinski definition) is 1. The SMILES string of the molecule is CN(C)C(/C=N/O)=Nc1ccccc1.Cl. The molecule has 0 spiro atoms. The van der Waals surface area contributed by atoms with Crippen molar-refractivity contribution in [1.29, 1.82) is 0 Å². The summed E-state index contributed by atoms with van der Waals surface area (Å²) in [4.78, 5) is 6.05. The summed E-state index contributed by atoms with van der Waals surface area (Å²) in [6, 6.07) is 9.50. The Morgan fingerprint density at radius 3 is 2.33 bits per heavy atom. The number of aliphatic imine (C=N–C) groups is 1. The lowest BCUT2D eigenvalue weighted by Crippen LogP contribution is -2.22. The van der Waals surface area contributed by atoms with E-state index in [1.165, 1.54) is 6.21 Å². The smallest absolute Gasteiger partial charge is 0.150 e. The fraction of sp³-hybridized carbons (Fsp3) is 0.200. The summed E-state index contributed by atoms with van der Waals surface area (Å²) in [5.41, 5.74) is 0.830. The Bertz CT molecular complexity index is 336. The van der Waals surface area contributed by atoms with Gasteiger partial charge in [0.2, 0.25) is 0 Å². The van der Waals surface area contributed by atoms with Crippen LogP contribution in [0.4, 0.5) is 5.69 Å². The molecule has 1 aromatic carbocycles. The maximum Gasteiger partial charge on any atom is 0.150 e. The van der Waals surface area contributed by atoms with Gasteiger partial charge in [-0.25, -0.2) is 4.99 Å². The molecule has 0 aromatic heterocycles. The monoisotopic (exact) mass is 227 g/mol. The highest BCUT2D eigenvalue weighted by Crippen LogP contribution is 2.09. The zero-order valence-electron chi connectivity index (χ0n) is 8.66. The minimum atomic E-state index is 0. The second-order valence-corrected chi connectivity index (χ2v) is 2.94. The summed E-state index contributed by atoms with van der Waals surface area (Å²) >= 11 is 0. The molecule has 0 saturated heterocycles. The van der Waals surface area contributed by atoms with E-state index in [4.69, 9.17) is 5.21 Å². The van der Waals surface area contributed by atoms with Gasteiger partial charge in [-0.15, -0.1) is 12.4 Å². The zero-order valence-corrected chi connectivity index (χ0v) is 9.48. The predicted molar refractivity (Wildman–Crippen MR) is 64.8 cm³/mol. The average Bonchev–Trinajstić information content (AvgIpc) is 2.18. The third kappa shape index (κ3) is 4.46. The van der Waals surface area contributed by atoms with E-state index in [1.807, 2.05) is 44.4 Å². The van der Waals surface area contributed by atoms with Crippen molar-refractivity contribution in [3.05, 3.63) is 30.3 Å². The van der Waals surface area contributed by atoms with E-state index in [0.717, 1.165) is 5.69 Å². The summed E-state index contributed by atoms with van der Waals surface area (Å²) in [5.74, 6) is 0.596. The van der Waals surface area contributed by atoms with Crippen molar-refractivity contribution in [3.63, 3.8) is 0 Å². The number of para-hydroxylation sites is 1. The zero-order chi connectivity index (χ0) is 10.4. The number of benzene rings is 1. The highest BCUT2D eigenvalue weighted by Gasteiger charge is 1.97. The van der Waals surface area contributed by atoms with Crippen LogP contribution < -0.4 is 0 Å². The standard InChI is InChI=1S/C10H13N3O.ClH/c1-13(2)10(8-11-14)12-9-6-4-3-5-7-9;/h3-8,14H,1-2H3;1H/b11-8+,12-10?;. The molecule has 0 amide bonds. The van der Waals surface area contributed by atoms with Crippen molar-refractivity contribution in [3.8, 4) is 0 Å². The van der Waals surface area contributed by atoms with Gasteiger partial charge < -0.3 is 10.1 Å². The third-order valence-electron chi connectivity index (χ3n) is 1.63. The predicted octanol–water partition coefficient (Wildman–Crippen LogP) is 2.16. The third-order valence-corrected chi connectivity index (χ3v) is 1.63. The van der Waals surface area contributed by atoms with E-state index in [9.17, 15) is 0 Å². The summed E-state index contributed by atoms with van der Waals surface area (Å²) < 4.78 is 0. The van der Waals surface area contributed by atoms with Gasteiger partial charge in [0, 0.05) is 14.1 Å². The maximum absolute atomic E-state index is 8.43. The topological polar surface area (TPSA) is 48.2 Å². The minimum absolute atomic E-state index is 0. The van der Waals surface area contributed by atoms with Gasteiger partial charge in [-0.3, -0.25) is 0 Å². The molecule has 1 rings (SSSR count). The van der Waals surface area contributed by atoms with E-state index in [1.54, 1.807) is 4.90 Å². The Morgan fingerprint density at radius 1 is 1.27 bits per heavy atom. The average molecular weight is 228 g/mol. The van der Waals surface area contributed by atoms with E-state index in [0.29, 0.717) is 5.84 Å². The molecule has 0 radical (unpaired) electrons. The van der Waals surface area contributed by atoms with Gasteiger partial charge in [0.1, 0.15) is 6.21 Å². The van der Waals surface area contributed by atoms with E-state index in [2.05, 4.69) is 10.1 Å². The van der Waals surface area contributed by atoms with Crippen LogP contribution in [-0.4, -0.2) is 36.3 Å². The Morgan fingerprint density at radius 2 is 1.87 bits per heavy atom. The Hall–Kier alpha value is -1.55. The largest absolute Gasteiger partial charge is 0.411 e. The van der Waals surface area contributed by atoms with Crippen molar-refractivity contribution in [2.75, 3.05) is 14.1 Å². The van der Waals surface area contributed by atoms with Crippen LogP contribution in [0, 0.1) is 0 Å². The van der Waals surface area contributed by atoms with Crippen LogP contribution in [-0.2, 0) is 0 Å². The molecule has 0 aliphatic heterocycles. The molecule has 15 heavy (non-hydrogen) atoms. The first-order chi connectivity index (χ1) is 6.74. The first-order valence-corrected chi connectivity index (χ1v) is 4.22. The molecule has 0 saturated carbocycles. The molecule has 1 N–H and O–H groups in total. The molecule has 0 fully saturated rings. The second-order valence-electron chi connectivity index (χ2n) is 2.94. The van der Waals surface area contributed by atoms with E-state index >= 15 is 0 Å².